The topological polar surface area (TPSA) is 18.5 Å². The molecule has 0 atom stereocenters. The van der Waals surface area contributed by atoms with E-state index in [9.17, 15) is 0 Å². The molecule has 8 rings (SSSR count). The van der Waals surface area contributed by atoms with Crippen LogP contribution in [-0.4, -0.2) is 13.2 Å². The van der Waals surface area contributed by atoms with E-state index in [4.69, 9.17) is 9.47 Å². The van der Waals surface area contributed by atoms with Crippen molar-refractivity contribution in [1.82, 2.24) is 0 Å². The van der Waals surface area contributed by atoms with Gasteiger partial charge in [0.25, 0.3) is 0 Å². The van der Waals surface area contributed by atoms with E-state index in [0.29, 0.717) is 13.2 Å². The average molecular weight is 910 g/mol. The monoisotopic (exact) mass is 908 g/mol. The number of ether oxygens (including phenoxy) is 2. The van der Waals surface area contributed by atoms with E-state index in [-0.39, 0.29) is 17.0 Å². The molecule has 0 spiro atoms. The fourth-order valence-electron chi connectivity index (χ4n) is 9.34. The van der Waals surface area contributed by atoms with Crippen LogP contribution in [0.25, 0.3) is 0 Å². The number of hydrogen-bond acceptors (Lipinski definition) is 2. The van der Waals surface area contributed by atoms with Gasteiger partial charge in [-0.05, 0) is 0 Å². The standard InChI is InChI=1S/2C28H31OP.BrH/c2*1-23(2)21-22-29-27-19-12-20-28(27)30(24-13-6-3-7-14-24,25-15-8-4-9-16-25)26-17-10-5-11-18-26;/h2*3-11,13-18,21,30H,12,19-20,22H2,1-2H3;1H. The molecule has 0 unspecified atom stereocenters. The third kappa shape index (κ3) is 10.3. The molecule has 2 nitrogen and oxygen atoms in total. The van der Waals surface area contributed by atoms with Gasteiger partial charge in [-0.25, -0.2) is 0 Å². The van der Waals surface area contributed by atoms with Crippen LogP contribution < -0.4 is 31.8 Å². The van der Waals surface area contributed by atoms with E-state index in [2.05, 4.69) is 222 Å². The minimum absolute atomic E-state index is 0. The first-order chi connectivity index (χ1) is 29.5. The van der Waals surface area contributed by atoms with Gasteiger partial charge in [0.15, 0.2) is 0 Å². The van der Waals surface area contributed by atoms with Gasteiger partial charge in [0.2, 0.25) is 0 Å². The Labute approximate surface area is 377 Å². The van der Waals surface area contributed by atoms with Crippen LogP contribution in [0, 0.1) is 0 Å². The van der Waals surface area contributed by atoms with Crippen molar-refractivity contribution in [3.05, 3.63) is 227 Å². The second kappa shape index (κ2) is 22.4. The molecule has 2 aliphatic carbocycles. The van der Waals surface area contributed by atoms with Crippen molar-refractivity contribution >= 4 is 63.3 Å². The van der Waals surface area contributed by atoms with Gasteiger partial charge in [0.05, 0.1) is 0 Å². The van der Waals surface area contributed by atoms with Crippen LogP contribution in [0.1, 0.15) is 66.2 Å². The SMILES string of the molecule is Br.CC(C)=CCOC1=C([PH](c2ccccc2)(c2ccccc2)c2ccccc2)CCC1.CC(C)=CCOC1=C([PH](c2ccccc2)(c2ccccc2)c2ccccc2)CCC1. The first-order valence-electron chi connectivity index (χ1n) is 21.8. The van der Waals surface area contributed by atoms with Gasteiger partial charge in [0, 0.05) is 0 Å². The Bertz CT molecular complexity index is 2020. The van der Waals surface area contributed by atoms with Crippen molar-refractivity contribution in [2.24, 2.45) is 0 Å². The van der Waals surface area contributed by atoms with Crippen LogP contribution in [0.4, 0.5) is 0 Å². The second-order valence-corrected chi connectivity index (χ2v) is 24.1. The maximum absolute atomic E-state index is 6.43. The van der Waals surface area contributed by atoms with Gasteiger partial charge in [-0.15, -0.1) is 17.0 Å². The molecule has 2 aliphatic rings. The maximum atomic E-state index is 6.43. The zero-order valence-corrected chi connectivity index (χ0v) is 40.1. The van der Waals surface area contributed by atoms with Gasteiger partial charge in [-0.3, -0.25) is 0 Å². The van der Waals surface area contributed by atoms with Crippen LogP contribution in [-0.2, 0) is 9.47 Å². The van der Waals surface area contributed by atoms with Crippen molar-refractivity contribution in [2.45, 2.75) is 66.2 Å². The van der Waals surface area contributed by atoms with Crippen LogP contribution in [0.2, 0.25) is 0 Å². The number of rotatable bonds is 14. The summed E-state index contributed by atoms with van der Waals surface area (Å²) in [6, 6.07) is 66.8. The molecule has 0 heterocycles. The van der Waals surface area contributed by atoms with Gasteiger partial charge >= 0.3 is 363 Å². The third-order valence-electron chi connectivity index (χ3n) is 12.0. The zero-order chi connectivity index (χ0) is 41.6. The molecule has 0 aliphatic heterocycles. The minimum atomic E-state index is -2.40. The summed E-state index contributed by atoms with van der Waals surface area (Å²) >= 11 is 0. The van der Waals surface area contributed by atoms with E-state index < -0.39 is 14.5 Å². The molecular formula is C56H63BrO2P2. The normalized spacial score (nSPS) is 14.2. The fraction of sp³-hybridized carbons (Fsp3) is 0.214. The van der Waals surface area contributed by atoms with E-state index >= 15 is 0 Å². The average Bonchev–Trinajstić information content (AvgIpc) is 3.97. The summed E-state index contributed by atoms with van der Waals surface area (Å²) in [5, 5.41) is 11.7. The number of benzene rings is 6. The van der Waals surface area contributed by atoms with Crippen molar-refractivity contribution in [3.8, 4) is 0 Å². The predicted molar refractivity (Wildman–Crippen MR) is 276 cm³/mol. The predicted octanol–water partition coefficient (Wildman–Crippen LogP) is 12.8. The fourth-order valence-corrected chi connectivity index (χ4v) is 19.9. The van der Waals surface area contributed by atoms with Crippen molar-refractivity contribution in [3.63, 3.8) is 0 Å². The Morgan fingerprint density at radius 3 is 0.820 bits per heavy atom. The third-order valence-corrected chi connectivity index (χ3v) is 22.0. The molecule has 0 fully saturated rings. The second-order valence-electron chi connectivity index (χ2n) is 16.4. The van der Waals surface area contributed by atoms with E-state index in [1.54, 1.807) is 0 Å². The summed E-state index contributed by atoms with van der Waals surface area (Å²) in [6.45, 7) is 9.83. The summed E-state index contributed by atoms with van der Waals surface area (Å²) in [6.07, 6.45) is 11.0. The number of allylic oxidation sites excluding steroid dienone is 6. The Morgan fingerprint density at radius 1 is 0.377 bits per heavy atom. The molecule has 6 aromatic carbocycles. The van der Waals surface area contributed by atoms with E-state index in [1.807, 2.05) is 0 Å². The first kappa shape index (κ1) is 45.7. The molecule has 0 saturated heterocycles. The van der Waals surface area contributed by atoms with Crippen LogP contribution in [0.15, 0.2) is 227 Å². The van der Waals surface area contributed by atoms with Gasteiger partial charge in [-0.1, -0.05) is 0 Å². The molecule has 0 amide bonds. The molecule has 0 aromatic heterocycles. The molecule has 6 aromatic rings. The molecule has 0 saturated carbocycles. The molecular weight excluding hydrogens is 846 g/mol. The van der Waals surface area contributed by atoms with Gasteiger partial charge in [-0.2, -0.15) is 0 Å². The van der Waals surface area contributed by atoms with Gasteiger partial charge in [0.1, 0.15) is 0 Å². The Kier molecular flexibility index (Phi) is 16.8. The van der Waals surface area contributed by atoms with Crippen LogP contribution in [0.5, 0.6) is 0 Å². The van der Waals surface area contributed by atoms with E-state index in [1.165, 1.54) is 78.0 Å². The summed E-state index contributed by atoms with van der Waals surface area (Å²) in [7, 11) is -4.79. The molecule has 61 heavy (non-hydrogen) atoms. The first-order valence-corrected chi connectivity index (χ1v) is 25.8. The molecule has 316 valence electrons. The van der Waals surface area contributed by atoms with Crippen molar-refractivity contribution < 1.29 is 9.47 Å². The zero-order valence-electron chi connectivity index (χ0n) is 36.4. The molecule has 0 radical (unpaired) electrons. The summed E-state index contributed by atoms with van der Waals surface area (Å²) in [5.74, 6) is 2.44. The van der Waals surface area contributed by atoms with E-state index in [0.717, 1.165) is 25.7 Å². The summed E-state index contributed by atoms with van der Waals surface area (Å²) in [4.78, 5) is 0. The Balaban J connectivity index is 0.000000201. The number of halogens is 1. The van der Waals surface area contributed by atoms with Gasteiger partial charge < -0.3 is 0 Å². The molecule has 0 bridgehead atoms. The van der Waals surface area contributed by atoms with Crippen LogP contribution >= 0.6 is 31.5 Å². The molecule has 0 N–H and O–H groups in total. The number of hydrogen-bond donors (Lipinski definition) is 0. The quantitative estimate of drug-likeness (QED) is 0.0801. The Hall–Kier alpha value is -4.78. The van der Waals surface area contributed by atoms with Crippen molar-refractivity contribution in [2.75, 3.05) is 13.2 Å². The Morgan fingerprint density at radius 2 is 0.607 bits per heavy atom. The summed E-state index contributed by atoms with van der Waals surface area (Å²) < 4.78 is 12.9. The molecule has 5 heteroatoms. The van der Waals surface area contributed by atoms with Crippen LogP contribution in [0.3, 0.4) is 0 Å². The summed E-state index contributed by atoms with van der Waals surface area (Å²) in [5.41, 5.74) is 2.60. The van der Waals surface area contributed by atoms with Crippen molar-refractivity contribution in [1.29, 1.82) is 0 Å².